The number of Topliss-reactive ketones (excluding diaryl/α,β-unsaturated/α-hetero) is 1. The van der Waals surface area contributed by atoms with E-state index in [1.54, 1.807) is 0 Å². The van der Waals surface area contributed by atoms with E-state index in [9.17, 15) is 4.79 Å². The highest BCUT2D eigenvalue weighted by Gasteiger charge is 2.32. The molecule has 0 N–H and O–H groups in total. The molecule has 0 aliphatic heterocycles. The van der Waals surface area contributed by atoms with Crippen molar-refractivity contribution in [2.45, 2.75) is 44.9 Å². The topological polar surface area (TPSA) is 26.3 Å². The van der Waals surface area contributed by atoms with Crippen LogP contribution in [-0.2, 0) is 10.2 Å². The Kier molecular flexibility index (Phi) is 3.96. The van der Waals surface area contributed by atoms with Gasteiger partial charge in [-0.25, -0.2) is 0 Å². The number of hydrogen-bond donors (Lipinski definition) is 0. The summed E-state index contributed by atoms with van der Waals surface area (Å²) in [5.74, 6) is 1.19. The summed E-state index contributed by atoms with van der Waals surface area (Å²) in [4.78, 5) is 11.4. The Bertz CT molecular complexity index is 444. The molecule has 1 fully saturated rings. The van der Waals surface area contributed by atoms with Crippen LogP contribution in [0, 0.1) is 0 Å². The van der Waals surface area contributed by atoms with E-state index in [0.29, 0.717) is 30.3 Å². The Balaban J connectivity index is 2.29. The van der Waals surface area contributed by atoms with Crippen LogP contribution in [0.5, 0.6) is 5.75 Å². The molecule has 1 aromatic carbocycles. The van der Waals surface area contributed by atoms with Crippen LogP contribution in [0.2, 0.25) is 5.02 Å². The monoisotopic (exact) mass is 266 g/mol. The van der Waals surface area contributed by atoms with Gasteiger partial charge in [0.15, 0.2) is 0 Å². The molecule has 3 heteroatoms. The second kappa shape index (κ2) is 5.31. The second-order valence-electron chi connectivity index (χ2n) is 5.21. The molecule has 0 unspecified atom stereocenters. The van der Waals surface area contributed by atoms with Crippen molar-refractivity contribution in [1.82, 2.24) is 0 Å². The van der Waals surface area contributed by atoms with Crippen LogP contribution in [0.4, 0.5) is 0 Å². The average molecular weight is 267 g/mol. The first-order valence-electron chi connectivity index (χ1n) is 6.49. The third kappa shape index (κ3) is 2.86. The van der Waals surface area contributed by atoms with Gasteiger partial charge in [-0.15, -0.1) is 0 Å². The Morgan fingerprint density at radius 2 is 1.94 bits per heavy atom. The molecule has 98 valence electrons. The number of benzene rings is 1. The number of ether oxygens (including phenoxy) is 1. The molecule has 1 aliphatic rings. The lowest BCUT2D eigenvalue weighted by atomic mass is 9.70. The number of ketones is 1. The van der Waals surface area contributed by atoms with Crippen molar-refractivity contribution >= 4 is 17.4 Å². The van der Waals surface area contributed by atoms with E-state index >= 15 is 0 Å². The molecule has 0 radical (unpaired) electrons. The second-order valence-corrected chi connectivity index (χ2v) is 5.64. The van der Waals surface area contributed by atoms with Crippen LogP contribution in [0.15, 0.2) is 18.2 Å². The lowest BCUT2D eigenvalue weighted by Crippen LogP contribution is -2.28. The van der Waals surface area contributed by atoms with E-state index in [1.165, 1.54) is 5.56 Å². The molecule has 2 rings (SSSR count). The zero-order valence-corrected chi connectivity index (χ0v) is 11.7. The molecule has 0 spiro atoms. The molecule has 0 saturated heterocycles. The molecular weight excluding hydrogens is 248 g/mol. The SMILES string of the molecule is CCOc1cc(Cl)cc(C2(C)CCC(=O)CC2)c1. The minimum absolute atomic E-state index is 0.0463. The fourth-order valence-corrected chi connectivity index (χ4v) is 2.76. The lowest BCUT2D eigenvalue weighted by molar-refractivity contribution is -0.121. The minimum Gasteiger partial charge on any atom is -0.494 e. The quantitative estimate of drug-likeness (QED) is 0.822. The molecule has 0 heterocycles. The molecule has 0 bridgehead atoms. The van der Waals surface area contributed by atoms with Crippen LogP contribution in [0.1, 0.15) is 45.1 Å². The lowest BCUT2D eigenvalue weighted by Gasteiger charge is -2.33. The van der Waals surface area contributed by atoms with Crippen molar-refractivity contribution in [3.63, 3.8) is 0 Å². The summed E-state index contributed by atoms with van der Waals surface area (Å²) in [5, 5.41) is 0.703. The van der Waals surface area contributed by atoms with Crippen molar-refractivity contribution in [1.29, 1.82) is 0 Å². The van der Waals surface area contributed by atoms with Gasteiger partial charge in [-0.1, -0.05) is 18.5 Å². The van der Waals surface area contributed by atoms with Crippen molar-refractivity contribution in [2.24, 2.45) is 0 Å². The van der Waals surface area contributed by atoms with Crippen LogP contribution in [-0.4, -0.2) is 12.4 Å². The molecule has 18 heavy (non-hydrogen) atoms. The zero-order valence-electron chi connectivity index (χ0n) is 11.0. The van der Waals surface area contributed by atoms with Gasteiger partial charge in [-0.3, -0.25) is 4.79 Å². The normalized spacial score (nSPS) is 18.7. The van der Waals surface area contributed by atoms with Gasteiger partial charge in [0.1, 0.15) is 11.5 Å². The standard InChI is InChI=1S/C15H19ClO2/c1-3-18-14-9-11(8-12(16)10-14)15(2)6-4-13(17)5-7-15/h8-10H,3-7H2,1-2H3. The van der Waals surface area contributed by atoms with Gasteiger partial charge in [0.05, 0.1) is 6.61 Å². The highest BCUT2D eigenvalue weighted by atomic mass is 35.5. The summed E-state index contributed by atoms with van der Waals surface area (Å²) in [6.07, 6.45) is 3.15. The molecule has 0 aromatic heterocycles. The van der Waals surface area contributed by atoms with Crippen molar-refractivity contribution in [2.75, 3.05) is 6.61 Å². The molecule has 1 saturated carbocycles. The first-order valence-corrected chi connectivity index (χ1v) is 6.87. The summed E-state index contributed by atoms with van der Waals surface area (Å²) >= 11 is 6.15. The third-order valence-electron chi connectivity index (χ3n) is 3.79. The average Bonchev–Trinajstić information content (AvgIpc) is 2.33. The fourth-order valence-electron chi connectivity index (χ4n) is 2.53. The molecule has 0 atom stereocenters. The summed E-state index contributed by atoms with van der Waals surface area (Å²) in [6.45, 7) is 4.80. The van der Waals surface area contributed by atoms with E-state index in [0.717, 1.165) is 18.6 Å². The van der Waals surface area contributed by atoms with Crippen molar-refractivity contribution in [3.8, 4) is 5.75 Å². The number of hydrogen-bond acceptors (Lipinski definition) is 2. The van der Waals surface area contributed by atoms with Gasteiger partial charge in [0.25, 0.3) is 0 Å². The van der Waals surface area contributed by atoms with E-state index in [1.807, 2.05) is 19.1 Å². The fraction of sp³-hybridized carbons (Fsp3) is 0.533. The number of carbonyl (C=O) groups excluding carboxylic acids is 1. The maximum Gasteiger partial charge on any atom is 0.132 e. The highest BCUT2D eigenvalue weighted by Crippen LogP contribution is 2.40. The van der Waals surface area contributed by atoms with E-state index < -0.39 is 0 Å². The number of halogens is 1. The van der Waals surface area contributed by atoms with Crippen LogP contribution in [0.3, 0.4) is 0 Å². The summed E-state index contributed by atoms with van der Waals surface area (Å²) in [7, 11) is 0. The van der Waals surface area contributed by atoms with Gasteiger partial charge in [-0.2, -0.15) is 0 Å². The van der Waals surface area contributed by atoms with Gasteiger partial charge < -0.3 is 4.74 Å². The van der Waals surface area contributed by atoms with Crippen LogP contribution < -0.4 is 4.74 Å². The molecule has 1 aliphatic carbocycles. The van der Waals surface area contributed by atoms with Gasteiger partial charge in [-0.05, 0) is 48.9 Å². The Morgan fingerprint density at radius 3 is 2.56 bits per heavy atom. The van der Waals surface area contributed by atoms with Gasteiger partial charge in [0, 0.05) is 17.9 Å². The van der Waals surface area contributed by atoms with E-state index in [4.69, 9.17) is 16.3 Å². The summed E-state index contributed by atoms with van der Waals surface area (Å²) < 4.78 is 5.53. The third-order valence-corrected chi connectivity index (χ3v) is 4.01. The Morgan fingerprint density at radius 1 is 1.28 bits per heavy atom. The van der Waals surface area contributed by atoms with E-state index in [-0.39, 0.29) is 5.41 Å². The summed E-state index contributed by atoms with van der Waals surface area (Å²) in [5.41, 5.74) is 1.23. The predicted octanol–water partition coefficient (Wildman–Crippen LogP) is 4.14. The zero-order chi connectivity index (χ0) is 13.2. The van der Waals surface area contributed by atoms with Gasteiger partial charge >= 0.3 is 0 Å². The van der Waals surface area contributed by atoms with E-state index in [2.05, 4.69) is 13.0 Å². The first-order chi connectivity index (χ1) is 8.53. The maximum atomic E-state index is 11.4. The van der Waals surface area contributed by atoms with Crippen LogP contribution >= 0.6 is 11.6 Å². The number of carbonyl (C=O) groups is 1. The van der Waals surface area contributed by atoms with Crippen LogP contribution in [0.25, 0.3) is 0 Å². The maximum absolute atomic E-state index is 11.4. The predicted molar refractivity (Wildman–Crippen MR) is 73.4 cm³/mol. The highest BCUT2D eigenvalue weighted by molar-refractivity contribution is 6.30. The summed E-state index contributed by atoms with van der Waals surface area (Å²) in [6, 6.07) is 5.90. The first kappa shape index (κ1) is 13.4. The largest absolute Gasteiger partial charge is 0.494 e. The molecule has 2 nitrogen and oxygen atoms in total. The number of rotatable bonds is 3. The smallest absolute Gasteiger partial charge is 0.132 e. The Labute approximate surface area is 113 Å². The van der Waals surface area contributed by atoms with Gasteiger partial charge in [0.2, 0.25) is 0 Å². The minimum atomic E-state index is 0.0463. The molecular formula is C15H19ClO2. The molecule has 1 aromatic rings. The van der Waals surface area contributed by atoms with Crippen molar-refractivity contribution in [3.05, 3.63) is 28.8 Å². The van der Waals surface area contributed by atoms with Crippen molar-refractivity contribution < 1.29 is 9.53 Å². The Hall–Kier alpha value is -1.02. The molecule has 0 amide bonds.